The standard InChI is InChI=1S/C26H51N2O4P/c29-23-24(28-33)19-17-18-22-27-25(30)20-15-13-11-9-7-5-3-1-2-4-6-8-10-12-14-16-21-26(31)32/h23-24,28H,1-22,33H2,(H,27,30)(H,31,32). The topological polar surface area (TPSA) is 95.5 Å². The van der Waals surface area contributed by atoms with Gasteiger partial charge in [0.25, 0.3) is 0 Å². The monoisotopic (exact) mass is 486 g/mol. The Morgan fingerprint density at radius 3 is 1.48 bits per heavy atom. The Morgan fingerprint density at radius 1 is 0.667 bits per heavy atom. The molecule has 0 bridgehead atoms. The van der Waals surface area contributed by atoms with Gasteiger partial charge in [0, 0.05) is 19.4 Å². The summed E-state index contributed by atoms with van der Waals surface area (Å²) in [7, 11) is 2.37. The number of carbonyl (C=O) groups is 3. The molecule has 194 valence electrons. The lowest BCUT2D eigenvalue weighted by atomic mass is 10.0. The van der Waals surface area contributed by atoms with E-state index in [2.05, 4.69) is 19.8 Å². The van der Waals surface area contributed by atoms with Crippen LogP contribution in [0.2, 0.25) is 0 Å². The highest BCUT2D eigenvalue weighted by Crippen LogP contribution is 2.14. The Balaban J connectivity index is 3.19. The van der Waals surface area contributed by atoms with Gasteiger partial charge in [-0.05, 0) is 32.1 Å². The number of rotatable bonds is 26. The molecule has 0 aliphatic heterocycles. The smallest absolute Gasteiger partial charge is 0.303 e. The third-order valence-electron chi connectivity index (χ3n) is 6.19. The average molecular weight is 487 g/mol. The number of carboxylic acids is 1. The van der Waals surface area contributed by atoms with Gasteiger partial charge in [0.15, 0.2) is 0 Å². The predicted octanol–water partition coefficient (Wildman–Crippen LogP) is 6.33. The molecule has 1 amide bonds. The first kappa shape index (κ1) is 32.0. The van der Waals surface area contributed by atoms with Gasteiger partial charge in [-0.1, -0.05) is 99.3 Å². The number of aliphatic carboxylic acids is 1. The van der Waals surface area contributed by atoms with Gasteiger partial charge in [0.2, 0.25) is 5.91 Å². The lowest BCUT2D eigenvalue weighted by Gasteiger charge is -2.08. The lowest BCUT2D eigenvalue weighted by molar-refractivity contribution is -0.137. The van der Waals surface area contributed by atoms with Gasteiger partial charge in [-0.25, -0.2) is 0 Å². The van der Waals surface area contributed by atoms with E-state index in [-0.39, 0.29) is 11.9 Å². The number of hydrogen-bond acceptors (Lipinski definition) is 4. The summed E-state index contributed by atoms with van der Waals surface area (Å²) in [6.45, 7) is 0.704. The molecule has 0 heterocycles. The number of nitrogens with one attached hydrogen (secondary N) is 2. The molecule has 33 heavy (non-hydrogen) atoms. The molecule has 0 rings (SSSR count). The molecule has 3 N–H and O–H groups in total. The van der Waals surface area contributed by atoms with E-state index < -0.39 is 5.97 Å². The third kappa shape index (κ3) is 25.5. The van der Waals surface area contributed by atoms with Crippen LogP contribution in [0.4, 0.5) is 0 Å². The largest absolute Gasteiger partial charge is 0.481 e. The van der Waals surface area contributed by atoms with Gasteiger partial charge >= 0.3 is 5.97 Å². The molecule has 2 unspecified atom stereocenters. The number of carbonyl (C=O) groups excluding carboxylic acids is 2. The van der Waals surface area contributed by atoms with E-state index in [4.69, 9.17) is 5.11 Å². The highest BCUT2D eigenvalue weighted by molar-refractivity contribution is 7.13. The minimum Gasteiger partial charge on any atom is -0.481 e. The Kier molecular flexibility index (Phi) is 24.8. The molecule has 0 saturated carbocycles. The lowest BCUT2D eigenvalue weighted by Crippen LogP contribution is -2.25. The highest BCUT2D eigenvalue weighted by Gasteiger charge is 2.04. The Labute approximate surface area is 205 Å². The first-order chi connectivity index (χ1) is 16.1. The fourth-order valence-corrected chi connectivity index (χ4v) is 4.28. The van der Waals surface area contributed by atoms with Crippen LogP contribution in [0.25, 0.3) is 0 Å². The zero-order chi connectivity index (χ0) is 24.4. The number of carboxylic acid groups (broad SMARTS) is 1. The van der Waals surface area contributed by atoms with Gasteiger partial charge in [0.1, 0.15) is 6.29 Å². The first-order valence-corrected chi connectivity index (χ1v) is 14.1. The van der Waals surface area contributed by atoms with E-state index >= 15 is 0 Å². The van der Waals surface area contributed by atoms with Crippen LogP contribution in [0.1, 0.15) is 135 Å². The molecule has 0 aromatic rings. The summed E-state index contributed by atoms with van der Waals surface area (Å²) in [5.41, 5.74) is 0. The van der Waals surface area contributed by atoms with Crippen LogP contribution in [0.3, 0.4) is 0 Å². The molecule has 0 aromatic carbocycles. The minimum absolute atomic E-state index is 0.101. The number of hydrogen-bond donors (Lipinski definition) is 3. The molecular formula is C26H51N2O4P. The van der Waals surface area contributed by atoms with E-state index in [0.29, 0.717) is 19.4 Å². The van der Waals surface area contributed by atoms with Crippen molar-refractivity contribution < 1.29 is 19.5 Å². The van der Waals surface area contributed by atoms with Crippen molar-refractivity contribution in [3.8, 4) is 0 Å². The number of amides is 1. The van der Waals surface area contributed by atoms with Crippen molar-refractivity contribution in [1.82, 2.24) is 10.4 Å². The summed E-state index contributed by atoms with van der Waals surface area (Å²) in [4.78, 5) is 33.0. The summed E-state index contributed by atoms with van der Waals surface area (Å²) >= 11 is 0. The second-order valence-corrected chi connectivity index (χ2v) is 9.64. The van der Waals surface area contributed by atoms with Crippen molar-refractivity contribution in [3.63, 3.8) is 0 Å². The summed E-state index contributed by atoms with van der Waals surface area (Å²) in [5.74, 6) is -0.516. The molecule has 0 aliphatic carbocycles. The third-order valence-corrected chi connectivity index (χ3v) is 6.62. The van der Waals surface area contributed by atoms with Crippen molar-refractivity contribution in [2.75, 3.05) is 6.54 Å². The van der Waals surface area contributed by atoms with Crippen molar-refractivity contribution >= 4 is 27.6 Å². The van der Waals surface area contributed by atoms with Gasteiger partial charge in [-0.3, -0.25) is 14.7 Å². The Hall–Kier alpha value is -1.00. The summed E-state index contributed by atoms with van der Waals surface area (Å²) in [6, 6.07) is -0.101. The number of aldehydes is 1. The van der Waals surface area contributed by atoms with Gasteiger partial charge in [-0.2, -0.15) is 0 Å². The molecule has 0 fully saturated rings. The van der Waals surface area contributed by atoms with E-state index in [0.717, 1.165) is 51.2 Å². The Morgan fingerprint density at radius 2 is 1.09 bits per heavy atom. The second-order valence-electron chi connectivity index (χ2n) is 9.31. The average Bonchev–Trinajstić information content (AvgIpc) is 2.80. The van der Waals surface area contributed by atoms with Crippen molar-refractivity contribution in [2.24, 2.45) is 0 Å². The first-order valence-electron chi connectivity index (χ1n) is 13.5. The van der Waals surface area contributed by atoms with E-state index in [9.17, 15) is 14.4 Å². The maximum atomic E-state index is 11.8. The summed E-state index contributed by atoms with van der Waals surface area (Å²) in [6.07, 6.45) is 24.1. The Bertz CT molecular complexity index is 477. The highest BCUT2D eigenvalue weighted by atomic mass is 31.0. The van der Waals surface area contributed by atoms with Crippen molar-refractivity contribution in [3.05, 3.63) is 0 Å². The fourth-order valence-electron chi connectivity index (χ4n) is 4.03. The van der Waals surface area contributed by atoms with Crippen LogP contribution in [-0.4, -0.2) is 35.9 Å². The molecule has 6 nitrogen and oxygen atoms in total. The maximum Gasteiger partial charge on any atom is 0.303 e. The zero-order valence-electron chi connectivity index (χ0n) is 21.0. The molecule has 0 aromatic heterocycles. The maximum absolute atomic E-state index is 11.8. The fraction of sp³-hybridized carbons (Fsp3) is 0.885. The predicted molar refractivity (Wildman–Crippen MR) is 140 cm³/mol. The van der Waals surface area contributed by atoms with Crippen LogP contribution in [0, 0.1) is 0 Å². The molecule has 0 aliphatic rings. The van der Waals surface area contributed by atoms with E-state index in [1.807, 2.05) is 0 Å². The number of unbranched alkanes of at least 4 members (excludes halogenated alkanes) is 16. The van der Waals surface area contributed by atoms with Crippen LogP contribution in [-0.2, 0) is 14.4 Å². The zero-order valence-corrected chi connectivity index (χ0v) is 22.1. The van der Waals surface area contributed by atoms with E-state index in [1.165, 1.54) is 77.0 Å². The van der Waals surface area contributed by atoms with Crippen molar-refractivity contribution in [1.29, 1.82) is 0 Å². The quantitative estimate of drug-likeness (QED) is 0.0755. The molecule has 2 atom stereocenters. The van der Waals surface area contributed by atoms with Gasteiger partial charge < -0.3 is 15.2 Å². The molecule has 0 radical (unpaired) electrons. The summed E-state index contributed by atoms with van der Waals surface area (Å²) in [5, 5.41) is 14.4. The minimum atomic E-state index is -0.673. The van der Waals surface area contributed by atoms with Gasteiger partial charge in [-0.15, -0.1) is 0 Å². The van der Waals surface area contributed by atoms with Gasteiger partial charge in [0.05, 0.1) is 6.04 Å². The van der Waals surface area contributed by atoms with Crippen LogP contribution < -0.4 is 10.4 Å². The second kappa shape index (κ2) is 25.6. The van der Waals surface area contributed by atoms with Crippen LogP contribution in [0.5, 0.6) is 0 Å². The molecule has 0 saturated heterocycles. The molecular weight excluding hydrogens is 435 g/mol. The van der Waals surface area contributed by atoms with E-state index in [1.54, 1.807) is 0 Å². The SMILES string of the molecule is O=CC(CCCCNC(=O)CCCCCCCCCCCCCCCCCCC(=O)O)NP. The van der Waals surface area contributed by atoms with Crippen LogP contribution >= 0.6 is 9.39 Å². The molecule has 0 spiro atoms. The van der Waals surface area contributed by atoms with Crippen LogP contribution in [0.15, 0.2) is 0 Å². The van der Waals surface area contributed by atoms with Crippen molar-refractivity contribution in [2.45, 2.75) is 141 Å². The summed E-state index contributed by atoms with van der Waals surface area (Å²) < 4.78 is 0. The normalized spacial score (nSPS) is 11.9. The molecule has 7 heteroatoms.